The first kappa shape index (κ1) is 17.8. The summed E-state index contributed by atoms with van der Waals surface area (Å²) in [7, 11) is 0. The van der Waals surface area contributed by atoms with Crippen LogP contribution in [-0.2, 0) is 6.54 Å². The van der Waals surface area contributed by atoms with E-state index in [-0.39, 0.29) is 11.4 Å². The van der Waals surface area contributed by atoms with Gasteiger partial charge >= 0.3 is 0 Å². The zero-order valence-corrected chi connectivity index (χ0v) is 15.4. The molecule has 0 saturated heterocycles. The summed E-state index contributed by atoms with van der Waals surface area (Å²) in [6.45, 7) is 6.76. The van der Waals surface area contributed by atoms with Gasteiger partial charge in [-0.15, -0.1) is 6.58 Å². The van der Waals surface area contributed by atoms with Gasteiger partial charge in [0, 0.05) is 22.7 Å². The number of rotatable bonds is 6. The fourth-order valence-electron chi connectivity index (χ4n) is 3.69. The fourth-order valence-corrected chi connectivity index (χ4v) is 3.88. The second-order valence-electron chi connectivity index (χ2n) is 7.10. The second kappa shape index (κ2) is 7.45. The Kier molecular flexibility index (Phi) is 5.29. The van der Waals surface area contributed by atoms with E-state index in [1.165, 1.54) is 0 Å². The average molecular weight is 354 g/mol. The Labute approximate surface area is 155 Å². The molecule has 0 spiro atoms. The van der Waals surface area contributed by atoms with Gasteiger partial charge in [-0.2, -0.15) is 0 Å². The van der Waals surface area contributed by atoms with E-state index in [1.54, 1.807) is 12.1 Å². The lowest BCUT2D eigenvalue weighted by Crippen LogP contribution is -2.56. The lowest BCUT2D eigenvalue weighted by atomic mass is 9.71. The van der Waals surface area contributed by atoms with E-state index in [1.807, 2.05) is 42.2 Å². The maximum absolute atomic E-state index is 13.4. The fraction of sp³-hybridized carbons (Fsp3) is 0.318. The summed E-state index contributed by atoms with van der Waals surface area (Å²) in [4.78, 5) is 15.4. The number of nitrogens with zero attached hydrogens (tertiary/aromatic N) is 1. The molecule has 0 unspecified atom stereocenters. The maximum Gasteiger partial charge on any atom is 0.254 e. The summed E-state index contributed by atoms with van der Waals surface area (Å²) in [6.07, 6.45) is 4.06. The molecule has 0 heterocycles. The molecule has 0 atom stereocenters. The highest BCUT2D eigenvalue weighted by molar-refractivity contribution is 6.30. The van der Waals surface area contributed by atoms with Crippen LogP contribution >= 0.6 is 11.6 Å². The summed E-state index contributed by atoms with van der Waals surface area (Å²) in [6, 6.07) is 17.4. The molecule has 2 nitrogen and oxygen atoms in total. The molecule has 1 aliphatic carbocycles. The minimum Gasteiger partial charge on any atom is -0.328 e. The van der Waals surface area contributed by atoms with Crippen molar-refractivity contribution in [2.45, 2.75) is 44.7 Å². The van der Waals surface area contributed by atoms with Crippen molar-refractivity contribution in [1.29, 1.82) is 0 Å². The Hall–Kier alpha value is -2.06. The van der Waals surface area contributed by atoms with E-state index < -0.39 is 0 Å². The molecule has 1 aliphatic rings. The van der Waals surface area contributed by atoms with E-state index in [0.717, 1.165) is 36.8 Å². The number of carbonyl (C=O) groups is 1. The first-order chi connectivity index (χ1) is 12.0. The molecule has 25 heavy (non-hydrogen) atoms. The Balaban J connectivity index is 1.96. The molecule has 1 saturated carbocycles. The van der Waals surface area contributed by atoms with Crippen LogP contribution in [0.15, 0.2) is 66.7 Å². The Bertz CT molecular complexity index is 765. The van der Waals surface area contributed by atoms with Gasteiger partial charge in [0.1, 0.15) is 0 Å². The van der Waals surface area contributed by atoms with Crippen LogP contribution in [0.25, 0.3) is 0 Å². The number of halogens is 1. The Morgan fingerprint density at radius 2 is 1.88 bits per heavy atom. The molecule has 1 fully saturated rings. The van der Waals surface area contributed by atoms with E-state index in [9.17, 15) is 4.79 Å². The van der Waals surface area contributed by atoms with Gasteiger partial charge in [0.15, 0.2) is 0 Å². The number of amides is 1. The van der Waals surface area contributed by atoms with Gasteiger partial charge in [0.2, 0.25) is 0 Å². The smallest absolute Gasteiger partial charge is 0.254 e. The topological polar surface area (TPSA) is 20.3 Å². The number of carbonyl (C=O) groups excluding carboxylic acids is 1. The van der Waals surface area contributed by atoms with Gasteiger partial charge < -0.3 is 4.90 Å². The van der Waals surface area contributed by atoms with Crippen molar-refractivity contribution in [2.75, 3.05) is 0 Å². The van der Waals surface area contributed by atoms with E-state index in [4.69, 9.17) is 11.6 Å². The molecule has 1 amide bonds. The molecule has 2 aromatic carbocycles. The van der Waals surface area contributed by atoms with Crippen LogP contribution in [0.5, 0.6) is 0 Å². The minimum absolute atomic E-state index is 0.0484. The van der Waals surface area contributed by atoms with Gasteiger partial charge in [0.05, 0.1) is 0 Å². The van der Waals surface area contributed by atoms with E-state index >= 15 is 0 Å². The third-order valence-corrected chi connectivity index (χ3v) is 5.22. The normalized spacial score (nSPS) is 15.3. The average Bonchev–Trinajstić information content (AvgIpc) is 2.56. The number of benzene rings is 2. The molecule has 0 bridgehead atoms. The summed E-state index contributed by atoms with van der Waals surface area (Å²) in [5.41, 5.74) is 2.79. The van der Waals surface area contributed by atoms with Crippen LogP contribution in [0.2, 0.25) is 5.02 Å². The maximum atomic E-state index is 13.4. The molecule has 2 aromatic rings. The summed E-state index contributed by atoms with van der Waals surface area (Å²) in [5.74, 6) is 0.0484. The van der Waals surface area contributed by atoms with Gasteiger partial charge in [0.25, 0.3) is 5.91 Å². The van der Waals surface area contributed by atoms with Crippen molar-refractivity contribution in [2.24, 2.45) is 0 Å². The molecule has 0 aliphatic heterocycles. The predicted molar refractivity (Wildman–Crippen MR) is 104 cm³/mol. The Morgan fingerprint density at radius 1 is 1.16 bits per heavy atom. The predicted octanol–water partition coefficient (Wildman–Crippen LogP) is 5.87. The van der Waals surface area contributed by atoms with Crippen LogP contribution in [0.4, 0.5) is 0 Å². The standard InChI is InChI=1S/C22H24ClNO/c1-17(2)15-22(12-7-13-22)24(16-18-8-4-3-5-9-18)21(25)19-10-6-11-20(23)14-19/h3-6,8-11,14H,1,7,12-13,15-16H2,2H3. The van der Waals surface area contributed by atoms with Gasteiger partial charge in [-0.05, 0) is 56.4 Å². The van der Waals surface area contributed by atoms with Gasteiger partial charge in [-0.1, -0.05) is 53.6 Å². The lowest BCUT2D eigenvalue weighted by molar-refractivity contribution is 0.0113. The Morgan fingerprint density at radius 3 is 2.44 bits per heavy atom. The number of hydrogen-bond donors (Lipinski definition) is 0. The SMILES string of the molecule is C=C(C)CC1(N(Cc2ccccc2)C(=O)c2cccc(Cl)c2)CCC1. The van der Waals surface area contributed by atoms with Crippen LogP contribution in [0, 0.1) is 0 Å². The zero-order valence-electron chi connectivity index (χ0n) is 14.7. The highest BCUT2D eigenvalue weighted by Gasteiger charge is 2.44. The summed E-state index contributed by atoms with van der Waals surface area (Å²) < 4.78 is 0. The largest absolute Gasteiger partial charge is 0.328 e. The third kappa shape index (κ3) is 3.96. The molecular weight excluding hydrogens is 330 g/mol. The molecular formula is C22H24ClNO. The minimum atomic E-state index is -0.124. The van der Waals surface area contributed by atoms with Crippen LogP contribution in [0.1, 0.15) is 48.5 Å². The second-order valence-corrected chi connectivity index (χ2v) is 7.54. The first-order valence-corrected chi connectivity index (χ1v) is 9.14. The molecule has 3 heteroatoms. The van der Waals surface area contributed by atoms with E-state index in [2.05, 4.69) is 18.7 Å². The quantitative estimate of drug-likeness (QED) is 0.594. The van der Waals surface area contributed by atoms with Crippen molar-refractivity contribution in [3.8, 4) is 0 Å². The van der Waals surface area contributed by atoms with Gasteiger partial charge in [-0.25, -0.2) is 0 Å². The van der Waals surface area contributed by atoms with Crippen molar-refractivity contribution < 1.29 is 4.79 Å². The lowest BCUT2D eigenvalue weighted by Gasteiger charge is -2.51. The first-order valence-electron chi connectivity index (χ1n) is 8.76. The summed E-state index contributed by atoms with van der Waals surface area (Å²) in [5, 5.41) is 0.591. The molecule has 0 aromatic heterocycles. The third-order valence-electron chi connectivity index (χ3n) is 4.99. The van der Waals surface area contributed by atoms with Crippen LogP contribution in [-0.4, -0.2) is 16.3 Å². The zero-order chi connectivity index (χ0) is 17.9. The highest BCUT2D eigenvalue weighted by atomic mass is 35.5. The van der Waals surface area contributed by atoms with Crippen LogP contribution in [0.3, 0.4) is 0 Å². The van der Waals surface area contributed by atoms with Crippen molar-refractivity contribution in [1.82, 2.24) is 4.90 Å². The molecule has 130 valence electrons. The molecule has 0 N–H and O–H groups in total. The highest BCUT2D eigenvalue weighted by Crippen LogP contribution is 2.43. The van der Waals surface area contributed by atoms with Gasteiger partial charge in [-0.3, -0.25) is 4.79 Å². The van der Waals surface area contributed by atoms with Crippen molar-refractivity contribution in [3.63, 3.8) is 0 Å². The monoisotopic (exact) mass is 353 g/mol. The summed E-state index contributed by atoms with van der Waals surface area (Å²) >= 11 is 6.12. The number of hydrogen-bond acceptors (Lipinski definition) is 1. The van der Waals surface area contributed by atoms with Crippen molar-refractivity contribution >= 4 is 17.5 Å². The van der Waals surface area contributed by atoms with E-state index in [0.29, 0.717) is 17.1 Å². The molecule has 3 rings (SSSR count). The molecule has 0 radical (unpaired) electrons. The van der Waals surface area contributed by atoms with Crippen molar-refractivity contribution in [3.05, 3.63) is 82.9 Å². The van der Waals surface area contributed by atoms with Crippen LogP contribution < -0.4 is 0 Å².